The molecule has 102 valence electrons. The highest BCUT2D eigenvalue weighted by atomic mass is 32.1. The highest BCUT2D eigenvalue weighted by Crippen LogP contribution is 2.27. The molecule has 0 spiro atoms. The van der Waals surface area contributed by atoms with Crippen molar-refractivity contribution < 1.29 is 0 Å². The molecule has 2 rings (SSSR count). The smallest absolute Gasteiger partial charge is 0.185 e. The van der Waals surface area contributed by atoms with Crippen molar-refractivity contribution in [3.63, 3.8) is 0 Å². The van der Waals surface area contributed by atoms with Gasteiger partial charge >= 0.3 is 0 Å². The average molecular weight is 267 g/mol. The quantitative estimate of drug-likeness (QED) is 0.906. The molecule has 18 heavy (non-hydrogen) atoms. The number of nitrogens with zero attached hydrogens (tertiary/aromatic N) is 2. The highest BCUT2D eigenvalue weighted by molar-refractivity contribution is 7.13. The lowest BCUT2D eigenvalue weighted by Crippen LogP contribution is -2.24. The van der Waals surface area contributed by atoms with E-state index in [2.05, 4.69) is 36.4 Å². The van der Waals surface area contributed by atoms with Gasteiger partial charge in [0.05, 0.1) is 5.69 Å². The molecular formula is C14H25N3S. The van der Waals surface area contributed by atoms with Crippen LogP contribution in [0, 0.1) is 5.92 Å². The maximum Gasteiger partial charge on any atom is 0.185 e. The molecule has 2 unspecified atom stereocenters. The van der Waals surface area contributed by atoms with Crippen molar-refractivity contribution in [3.05, 3.63) is 11.1 Å². The zero-order valence-corrected chi connectivity index (χ0v) is 12.6. The number of rotatable bonds is 4. The molecule has 2 heterocycles. The number of hydrogen-bond donors (Lipinski definition) is 1. The lowest BCUT2D eigenvalue weighted by atomic mass is 10.0. The van der Waals surface area contributed by atoms with Crippen LogP contribution in [-0.2, 0) is 0 Å². The number of aromatic nitrogens is 1. The van der Waals surface area contributed by atoms with E-state index in [4.69, 9.17) is 4.98 Å². The number of hydrogen-bond acceptors (Lipinski definition) is 4. The third-order valence-electron chi connectivity index (χ3n) is 3.75. The Balaban J connectivity index is 2.00. The zero-order chi connectivity index (χ0) is 13.0. The molecule has 0 radical (unpaired) electrons. The molecule has 0 aromatic carbocycles. The average Bonchev–Trinajstić information content (AvgIpc) is 2.74. The van der Waals surface area contributed by atoms with Gasteiger partial charge in [0.2, 0.25) is 0 Å². The van der Waals surface area contributed by atoms with Gasteiger partial charge in [-0.25, -0.2) is 4.98 Å². The normalized spacial score (nSPS) is 22.8. The van der Waals surface area contributed by atoms with E-state index in [1.807, 2.05) is 0 Å². The molecule has 1 aliphatic heterocycles. The van der Waals surface area contributed by atoms with Crippen molar-refractivity contribution >= 4 is 16.5 Å². The minimum absolute atomic E-state index is 0.367. The van der Waals surface area contributed by atoms with Gasteiger partial charge in [-0.1, -0.05) is 13.8 Å². The van der Waals surface area contributed by atoms with Crippen molar-refractivity contribution in [3.8, 4) is 0 Å². The van der Waals surface area contributed by atoms with Gasteiger partial charge in [0, 0.05) is 24.5 Å². The molecule has 0 bridgehead atoms. The molecule has 1 N–H and O–H groups in total. The Kier molecular flexibility index (Phi) is 5.01. The van der Waals surface area contributed by atoms with E-state index in [9.17, 15) is 0 Å². The first kappa shape index (κ1) is 13.8. The van der Waals surface area contributed by atoms with E-state index < -0.39 is 0 Å². The summed E-state index contributed by atoms with van der Waals surface area (Å²) in [6, 6.07) is 0.367. The van der Waals surface area contributed by atoms with Crippen LogP contribution in [0.15, 0.2) is 5.38 Å². The summed E-state index contributed by atoms with van der Waals surface area (Å²) < 4.78 is 0. The fraction of sp³-hybridized carbons (Fsp3) is 0.786. The molecule has 1 aliphatic rings. The van der Waals surface area contributed by atoms with Gasteiger partial charge in [-0.2, -0.15) is 0 Å². The fourth-order valence-electron chi connectivity index (χ4n) is 2.49. The van der Waals surface area contributed by atoms with Crippen LogP contribution in [0.1, 0.15) is 51.8 Å². The number of nitrogens with one attached hydrogen (secondary N) is 1. The molecule has 1 aromatic heterocycles. The molecule has 0 saturated carbocycles. The van der Waals surface area contributed by atoms with Gasteiger partial charge in [-0.15, -0.1) is 11.3 Å². The topological polar surface area (TPSA) is 28.2 Å². The van der Waals surface area contributed by atoms with E-state index in [1.54, 1.807) is 11.3 Å². The Bertz CT molecular complexity index is 364. The van der Waals surface area contributed by atoms with Gasteiger partial charge in [0.25, 0.3) is 0 Å². The summed E-state index contributed by atoms with van der Waals surface area (Å²) in [5.74, 6) is 0.870. The van der Waals surface area contributed by atoms with Crippen LogP contribution in [0.2, 0.25) is 0 Å². The highest BCUT2D eigenvalue weighted by Gasteiger charge is 2.17. The third-order valence-corrected chi connectivity index (χ3v) is 4.67. The monoisotopic (exact) mass is 267 g/mol. The van der Waals surface area contributed by atoms with E-state index in [0.717, 1.165) is 12.5 Å². The summed E-state index contributed by atoms with van der Waals surface area (Å²) in [5.41, 5.74) is 1.19. The second kappa shape index (κ2) is 6.53. The summed E-state index contributed by atoms with van der Waals surface area (Å²) in [7, 11) is 0. The van der Waals surface area contributed by atoms with Crippen molar-refractivity contribution in [2.45, 2.75) is 46.1 Å². The largest absolute Gasteiger partial charge is 0.348 e. The lowest BCUT2D eigenvalue weighted by Gasteiger charge is -2.19. The summed E-state index contributed by atoms with van der Waals surface area (Å²) in [4.78, 5) is 7.27. The maximum atomic E-state index is 4.80. The van der Waals surface area contributed by atoms with E-state index in [1.165, 1.54) is 43.2 Å². The molecule has 0 aliphatic carbocycles. The Morgan fingerprint density at radius 2 is 2.33 bits per heavy atom. The van der Waals surface area contributed by atoms with Gasteiger partial charge in [-0.3, -0.25) is 0 Å². The van der Waals surface area contributed by atoms with Crippen LogP contribution >= 0.6 is 11.3 Å². The first-order chi connectivity index (χ1) is 8.70. The van der Waals surface area contributed by atoms with Gasteiger partial charge < -0.3 is 10.2 Å². The predicted octanol–water partition coefficient (Wildman–Crippen LogP) is 3.44. The van der Waals surface area contributed by atoms with Gasteiger partial charge in [0.1, 0.15) is 0 Å². The second-order valence-corrected chi connectivity index (χ2v) is 6.19. The van der Waals surface area contributed by atoms with Crippen LogP contribution < -0.4 is 10.2 Å². The van der Waals surface area contributed by atoms with Crippen LogP contribution in [0.25, 0.3) is 0 Å². The zero-order valence-electron chi connectivity index (χ0n) is 11.8. The Labute approximate surface area is 115 Å². The molecule has 1 fully saturated rings. The fourth-order valence-corrected chi connectivity index (χ4v) is 3.46. The minimum atomic E-state index is 0.367. The first-order valence-electron chi connectivity index (χ1n) is 7.14. The molecule has 4 heteroatoms. The molecule has 1 aromatic rings. The van der Waals surface area contributed by atoms with Crippen LogP contribution in [0.3, 0.4) is 0 Å². The third kappa shape index (κ3) is 3.45. The second-order valence-electron chi connectivity index (χ2n) is 5.36. The number of thiazole rings is 1. The summed E-state index contributed by atoms with van der Waals surface area (Å²) in [6.07, 6.45) is 3.97. The minimum Gasteiger partial charge on any atom is -0.348 e. The summed E-state index contributed by atoms with van der Waals surface area (Å²) >= 11 is 1.80. The Hall–Kier alpha value is -0.610. The van der Waals surface area contributed by atoms with Crippen molar-refractivity contribution in [2.75, 3.05) is 24.5 Å². The van der Waals surface area contributed by atoms with Crippen molar-refractivity contribution in [1.82, 2.24) is 10.3 Å². The van der Waals surface area contributed by atoms with Gasteiger partial charge in [-0.05, 0) is 38.6 Å². The summed E-state index contributed by atoms with van der Waals surface area (Å²) in [6.45, 7) is 10.0. The van der Waals surface area contributed by atoms with Crippen molar-refractivity contribution in [1.29, 1.82) is 0 Å². The molecule has 1 saturated heterocycles. The van der Waals surface area contributed by atoms with Gasteiger partial charge in [0.15, 0.2) is 5.13 Å². The standard InChI is InChI=1S/C14H25N3S/c1-4-15-12(3)13-10-18-14(16-13)17-8-5-6-11(2)7-9-17/h10-12,15H,4-9H2,1-3H3. The van der Waals surface area contributed by atoms with Crippen molar-refractivity contribution in [2.24, 2.45) is 5.92 Å². The molecule has 3 nitrogen and oxygen atoms in total. The SMILES string of the molecule is CCNC(C)c1csc(N2CCCC(C)CC2)n1. The van der Waals surface area contributed by atoms with Crippen LogP contribution in [0.4, 0.5) is 5.13 Å². The lowest BCUT2D eigenvalue weighted by molar-refractivity contribution is 0.521. The first-order valence-corrected chi connectivity index (χ1v) is 8.02. The molecule has 2 atom stereocenters. The van der Waals surface area contributed by atoms with Crippen LogP contribution in [0.5, 0.6) is 0 Å². The maximum absolute atomic E-state index is 4.80. The predicted molar refractivity (Wildman–Crippen MR) is 79.4 cm³/mol. The Morgan fingerprint density at radius 3 is 3.11 bits per heavy atom. The molecule has 0 amide bonds. The summed E-state index contributed by atoms with van der Waals surface area (Å²) in [5, 5.41) is 6.84. The van der Waals surface area contributed by atoms with E-state index in [-0.39, 0.29) is 0 Å². The van der Waals surface area contributed by atoms with Crippen LogP contribution in [-0.4, -0.2) is 24.6 Å². The van der Waals surface area contributed by atoms with E-state index >= 15 is 0 Å². The Morgan fingerprint density at radius 1 is 1.50 bits per heavy atom. The van der Waals surface area contributed by atoms with E-state index in [0.29, 0.717) is 6.04 Å². The molecular weight excluding hydrogens is 242 g/mol. The number of anilines is 1.